The highest BCUT2D eigenvalue weighted by Crippen LogP contribution is 2.17. The van der Waals surface area contributed by atoms with Gasteiger partial charge in [0.2, 0.25) is 0 Å². The largest absolute Gasteiger partial charge is 0.314 e. The number of aryl methyl sites for hydroxylation is 1. The summed E-state index contributed by atoms with van der Waals surface area (Å²) in [4.78, 5) is 0. The molecule has 3 heteroatoms. The number of halogens is 2. The van der Waals surface area contributed by atoms with E-state index in [0.29, 0.717) is 6.04 Å². The van der Waals surface area contributed by atoms with Crippen molar-refractivity contribution in [1.29, 1.82) is 0 Å². The molecule has 0 saturated carbocycles. The summed E-state index contributed by atoms with van der Waals surface area (Å²) in [5.41, 5.74) is 0.824. The van der Waals surface area contributed by atoms with Gasteiger partial charge in [-0.1, -0.05) is 42.3 Å². The van der Waals surface area contributed by atoms with E-state index in [1.807, 2.05) is 12.1 Å². The van der Waals surface area contributed by atoms with Crippen LogP contribution >= 0.6 is 15.9 Å². The summed E-state index contributed by atoms with van der Waals surface area (Å²) in [6, 6.07) is 5.91. The Labute approximate surface area is 118 Å². The smallest absolute Gasteiger partial charge is 0.127 e. The zero-order valence-electron chi connectivity index (χ0n) is 11.3. The molecule has 0 aromatic heterocycles. The minimum absolute atomic E-state index is 0.0973. The fourth-order valence-corrected chi connectivity index (χ4v) is 2.58. The Hall–Kier alpha value is -0.410. The van der Waals surface area contributed by atoms with Gasteiger partial charge in [0.05, 0.1) is 0 Å². The normalized spacial score (nSPS) is 12.7. The van der Waals surface area contributed by atoms with E-state index in [4.69, 9.17) is 0 Å². The van der Waals surface area contributed by atoms with Crippen molar-refractivity contribution in [1.82, 2.24) is 5.32 Å². The van der Waals surface area contributed by atoms with Crippen molar-refractivity contribution >= 4 is 15.9 Å². The van der Waals surface area contributed by atoms with E-state index in [2.05, 4.69) is 35.1 Å². The van der Waals surface area contributed by atoms with Gasteiger partial charge >= 0.3 is 0 Å². The van der Waals surface area contributed by atoms with Gasteiger partial charge in [0.15, 0.2) is 0 Å². The molecule has 102 valence electrons. The molecule has 0 aliphatic carbocycles. The SMILES string of the molecule is CCCC(CCCc1ccc(Br)cc1F)NCC. The zero-order chi connectivity index (χ0) is 13.4. The van der Waals surface area contributed by atoms with Crippen molar-refractivity contribution in [2.24, 2.45) is 0 Å². The maximum Gasteiger partial charge on any atom is 0.127 e. The van der Waals surface area contributed by atoms with Gasteiger partial charge in [-0.3, -0.25) is 0 Å². The number of nitrogens with one attached hydrogen (secondary N) is 1. The van der Waals surface area contributed by atoms with E-state index < -0.39 is 0 Å². The predicted octanol–water partition coefficient (Wildman–Crippen LogP) is 4.69. The first-order valence-electron chi connectivity index (χ1n) is 6.84. The van der Waals surface area contributed by atoms with Crippen molar-refractivity contribution < 1.29 is 4.39 Å². The summed E-state index contributed by atoms with van der Waals surface area (Å²) in [6.07, 6.45) is 5.39. The summed E-state index contributed by atoms with van der Waals surface area (Å²) in [6.45, 7) is 5.35. The summed E-state index contributed by atoms with van der Waals surface area (Å²) < 4.78 is 14.4. The van der Waals surface area contributed by atoms with Crippen LogP contribution in [0.25, 0.3) is 0 Å². The van der Waals surface area contributed by atoms with Crippen LogP contribution in [0.2, 0.25) is 0 Å². The predicted molar refractivity (Wildman–Crippen MR) is 79.4 cm³/mol. The summed E-state index contributed by atoms with van der Waals surface area (Å²) >= 11 is 3.28. The maximum atomic E-state index is 13.6. The second-order valence-corrected chi connectivity index (χ2v) is 5.59. The van der Waals surface area contributed by atoms with Crippen LogP contribution in [-0.2, 0) is 6.42 Å². The second kappa shape index (κ2) is 8.65. The molecule has 1 N–H and O–H groups in total. The first-order valence-corrected chi connectivity index (χ1v) is 7.64. The van der Waals surface area contributed by atoms with Gasteiger partial charge in [-0.15, -0.1) is 0 Å². The summed E-state index contributed by atoms with van der Waals surface area (Å²) in [5.74, 6) is -0.0973. The third kappa shape index (κ3) is 5.49. The third-order valence-electron chi connectivity index (χ3n) is 3.14. The first kappa shape index (κ1) is 15.6. The summed E-state index contributed by atoms with van der Waals surface area (Å²) in [7, 11) is 0. The lowest BCUT2D eigenvalue weighted by Gasteiger charge is -2.16. The van der Waals surface area contributed by atoms with Crippen molar-refractivity contribution in [3.63, 3.8) is 0 Å². The minimum atomic E-state index is -0.0973. The van der Waals surface area contributed by atoms with Gasteiger partial charge in [-0.2, -0.15) is 0 Å². The van der Waals surface area contributed by atoms with Crippen LogP contribution in [0, 0.1) is 5.82 Å². The Morgan fingerprint density at radius 1 is 1.28 bits per heavy atom. The van der Waals surface area contributed by atoms with E-state index in [1.165, 1.54) is 12.8 Å². The Morgan fingerprint density at radius 2 is 2.06 bits per heavy atom. The molecule has 18 heavy (non-hydrogen) atoms. The molecule has 0 heterocycles. The second-order valence-electron chi connectivity index (χ2n) is 4.67. The summed E-state index contributed by atoms with van der Waals surface area (Å²) in [5, 5.41) is 3.49. The molecular weight excluding hydrogens is 293 g/mol. The molecule has 0 fully saturated rings. The molecule has 0 amide bonds. The standard InChI is InChI=1S/C15H23BrFN/c1-3-6-14(18-4-2)8-5-7-12-9-10-13(16)11-15(12)17/h9-11,14,18H,3-8H2,1-2H3. The molecule has 1 atom stereocenters. The van der Waals surface area contributed by atoms with Gasteiger partial charge in [-0.25, -0.2) is 4.39 Å². The van der Waals surface area contributed by atoms with Gasteiger partial charge in [0.1, 0.15) is 5.82 Å². The molecule has 0 saturated heterocycles. The fraction of sp³-hybridized carbons (Fsp3) is 0.600. The zero-order valence-corrected chi connectivity index (χ0v) is 12.9. The van der Waals surface area contributed by atoms with Crippen LogP contribution in [-0.4, -0.2) is 12.6 Å². The average Bonchev–Trinajstić information content (AvgIpc) is 2.32. The van der Waals surface area contributed by atoms with Crippen molar-refractivity contribution in [3.05, 3.63) is 34.1 Å². The van der Waals surface area contributed by atoms with Crippen LogP contribution in [0.3, 0.4) is 0 Å². The molecule has 0 radical (unpaired) electrons. The minimum Gasteiger partial charge on any atom is -0.314 e. The van der Waals surface area contributed by atoms with Crippen molar-refractivity contribution in [3.8, 4) is 0 Å². The Balaban J connectivity index is 2.39. The third-order valence-corrected chi connectivity index (χ3v) is 3.64. The lowest BCUT2D eigenvalue weighted by atomic mass is 10.0. The number of benzene rings is 1. The molecule has 0 bridgehead atoms. The highest BCUT2D eigenvalue weighted by molar-refractivity contribution is 9.10. The van der Waals surface area contributed by atoms with Crippen LogP contribution in [0.5, 0.6) is 0 Å². The van der Waals surface area contributed by atoms with Gasteiger partial charge in [0.25, 0.3) is 0 Å². The topological polar surface area (TPSA) is 12.0 Å². The number of hydrogen-bond donors (Lipinski definition) is 1. The molecule has 0 spiro atoms. The molecule has 1 unspecified atom stereocenters. The van der Waals surface area contributed by atoms with Gasteiger partial charge in [-0.05, 0) is 49.9 Å². The molecule has 0 aliphatic rings. The fourth-order valence-electron chi connectivity index (χ4n) is 2.25. The molecule has 0 aliphatic heterocycles. The quantitative estimate of drug-likeness (QED) is 0.734. The lowest BCUT2D eigenvalue weighted by molar-refractivity contribution is 0.445. The molecule has 1 aromatic carbocycles. The number of hydrogen-bond acceptors (Lipinski definition) is 1. The molecule has 1 rings (SSSR count). The molecule has 1 nitrogen and oxygen atoms in total. The monoisotopic (exact) mass is 315 g/mol. The Morgan fingerprint density at radius 3 is 2.67 bits per heavy atom. The van der Waals surface area contributed by atoms with Crippen molar-refractivity contribution in [2.75, 3.05) is 6.54 Å². The van der Waals surface area contributed by atoms with E-state index in [0.717, 1.165) is 35.8 Å². The van der Waals surface area contributed by atoms with Gasteiger partial charge < -0.3 is 5.32 Å². The van der Waals surface area contributed by atoms with Crippen molar-refractivity contribution in [2.45, 2.75) is 52.0 Å². The first-order chi connectivity index (χ1) is 8.67. The van der Waals surface area contributed by atoms with E-state index >= 15 is 0 Å². The lowest BCUT2D eigenvalue weighted by Crippen LogP contribution is -2.28. The highest BCUT2D eigenvalue weighted by atomic mass is 79.9. The van der Waals surface area contributed by atoms with E-state index in [1.54, 1.807) is 6.07 Å². The van der Waals surface area contributed by atoms with E-state index in [9.17, 15) is 4.39 Å². The average molecular weight is 316 g/mol. The van der Waals surface area contributed by atoms with Crippen LogP contribution in [0.1, 0.15) is 45.1 Å². The van der Waals surface area contributed by atoms with E-state index in [-0.39, 0.29) is 5.82 Å². The maximum absolute atomic E-state index is 13.6. The van der Waals surface area contributed by atoms with Gasteiger partial charge in [0, 0.05) is 10.5 Å². The van der Waals surface area contributed by atoms with Crippen LogP contribution in [0.15, 0.2) is 22.7 Å². The molecule has 1 aromatic rings. The molecular formula is C15H23BrFN. The number of rotatable bonds is 8. The Bertz CT molecular complexity index is 348. The Kier molecular flexibility index (Phi) is 7.52. The van der Waals surface area contributed by atoms with Crippen LogP contribution < -0.4 is 5.32 Å². The van der Waals surface area contributed by atoms with Crippen LogP contribution in [0.4, 0.5) is 4.39 Å². The highest BCUT2D eigenvalue weighted by Gasteiger charge is 2.07.